The standard InChI is InChI=1S/C24H19N3O5S/c1-3-13-32-23(29)20-15(2)25-24-26(21(20)17-7-5-4-6-8-17)22(28)19(33-24)14-16-9-11-18(12-10-16)27(30)31/h3-12,14,21H,1,13H2,2H3/b19-14-/t21-/m1/s1. The summed E-state index contributed by atoms with van der Waals surface area (Å²) in [4.78, 5) is 41.7. The number of hydrogen-bond acceptors (Lipinski definition) is 7. The number of fused-ring (bicyclic) bond motifs is 1. The van der Waals surface area contributed by atoms with Gasteiger partial charge in [-0.05, 0) is 36.3 Å². The number of aromatic nitrogens is 1. The lowest BCUT2D eigenvalue weighted by atomic mass is 9.96. The van der Waals surface area contributed by atoms with E-state index in [1.54, 1.807) is 25.1 Å². The summed E-state index contributed by atoms with van der Waals surface area (Å²) in [6, 6.07) is 14.4. The predicted octanol–water partition coefficient (Wildman–Crippen LogP) is 2.87. The van der Waals surface area contributed by atoms with E-state index >= 15 is 0 Å². The molecule has 0 saturated carbocycles. The van der Waals surface area contributed by atoms with Crippen LogP contribution in [0.4, 0.5) is 5.69 Å². The molecule has 0 aliphatic carbocycles. The van der Waals surface area contributed by atoms with Crippen molar-refractivity contribution in [2.45, 2.75) is 13.0 Å². The van der Waals surface area contributed by atoms with Crippen molar-refractivity contribution in [1.29, 1.82) is 0 Å². The van der Waals surface area contributed by atoms with Crippen LogP contribution in [-0.4, -0.2) is 22.1 Å². The molecule has 0 amide bonds. The fraction of sp³-hybridized carbons (Fsp3) is 0.125. The van der Waals surface area contributed by atoms with Crippen molar-refractivity contribution in [3.63, 3.8) is 0 Å². The van der Waals surface area contributed by atoms with Gasteiger partial charge in [0.1, 0.15) is 6.61 Å². The lowest BCUT2D eigenvalue weighted by Gasteiger charge is -2.24. The largest absolute Gasteiger partial charge is 0.458 e. The third kappa shape index (κ3) is 4.31. The van der Waals surface area contributed by atoms with E-state index in [1.807, 2.05) is 30.3 Å². The molecule has 0 saturated heterocycles. The molecule has 1 atom stereocenters. The third-order valence-electron chi connectivity index (χ3n) is 5.09. The molecule has 1 aromatic heterocycles. The zero-order valence-electron chi connectivity index (χ0n) is 17.6. The maximum Gasteiger partial charge on any atom is 0.338 e. The second-order valence-electron chi connectivity index (χ2n) is 7.23. The first-order valence-electron chi connectivity index (χ1n) is 10.0. The highest BCUT2D eigenvalue weighted by Gasteiger charge is 2.33. The van der Waals surface area contributed by atoms with Crippen LogP contribution in [0, 0.1) is 10.1 Å². The van der Waals surface area contributed by atoms with Crippen LogP contribution in [0.3, 0.4) is 0 Å². The van der Waals surface area contributed by atoms with Crippen molar-refractivity contribution in [1.82, 2.24) is 4.57 Å². The molecule has 1 aliphatic rings. The number of carbonyl (C=O) groups is 1. The normalized spacial score (nSPS) is 15.5. The second kappa shape index (κ2) is 9.17. The van der Waals surface area contributed by atoms with Gasteiger partial charge in [0.15, 0.2) is 4.80 Å². The summed E-state index contributed by atoms with van der Waals surface area (Å²) in [6.07, 6.45) is 3.13. The predicted molar refractivity (Wildman–Crippen MR) is 124 cm³/mol. The van der Waals surface area contributed by atoms with Crippen molar-refractivity contribution in [3.8, 4) is 0 Å². The van der Waals surface area contributed by atoms with Crippen LogP contribution in [0.2, 0.25) is 0 Å². The van der Waals surface area contributed by atoms with Gasteiger partial charge in [-0.25, -0.2) is 9.79 Å². The summed E-state index contributed by atoms with van der Waals surface area (Å²) in [7, 11) is 0. The molecule has 166 valence electrons. The van der Waals surface area contributed by atoms with E-state index < -0.39 is 16.9 Å². The fourth-order valence-corrected chi connectivity index (χ4v) is 4.64. The van der Waals surface area contributed by atoms with Gasteiger partial charge in [-0.3, -0.25) is 19.5 Å². The Morgan fingerprint density at radius 1 is 1.24 bits per heavy atom. The topological polar surface area (TPSA) is 104 Å². The average molecular weight is 461 g/mol. The summed E-state index contributed by atoms with van der Waals surface area (Å²) in [5, 5.41) is 10.9. The number of ether oxygens (including phenoxy) is 1. The van der Waals surface area contributed by atoms with E-state index in [-0.39, 0.29) is 23.4 Å². The highest BCUT2D eigenvalue weighted by molar-refractivity contribution is 7.07. The van der Waals surface area contributed by atoms with E-state index in [4.69, 9.17) is 4.74 Å². The lowest BCUT2D eigenvalue weighted by molar-refractivity contribution is -0.384. The van der Waals surface area contributed by atoms with Crippen molar-refractivity contribution in [3.05, 3.63) is 119 Å². The molecule has 33 heavy (non-hydrogen) atoms. The van der Waals surface area contributed by atoms with Crippen molar-refractivity contribution >= 4 is 29.1 Å². The van der Waals surface area contributed by atoms with Crippen molar-refractivity contribution in [2.24, 2.45) is 4.99 Å². The molecule has 9 heteroatoms. The molecule has 1 aliphatic heterocycles. The van der Waals surface area contributed by atoms with Crippen LogP contribution in [0.5, 0.6) is 0 Å². The van der Waals surface area contributed by atoms with Crippen LogP contribution >= 0.6 is 11.3 Å². The summed E-state index contributed by atoms with van der Waals surface area (Å²) < 4.78 is 7.19. The van der Waals surface area contributed by atoms with Gasteiger partial charge in [0.25, 0.3) is 11.2 Å². The monoisotopic (exact) mass is 461 g/mol. The lowest BCUT2D eigenvalue weighted by Crippen LogP contribution is -2.39. The Bertz CT molecular complexity index is 1450. The van der Waals surface area contributed by atoms with Gasteiger partial charge >= 0.3 is 5.97 Å². The maximum absolute atomic E-state index is 13.4. The second-order valence-corrected chi connectivity index (χ2v) is 8.24. The Morgan fingerprint density at radius 2 is 1.94 bits per heavy atom. The minimum Gasteiger partial charge on any atom is -0.458 e. The number of non-ortho nitro benzene ring substituents is 1. The van der Waals surface area contributed by atoms with Crippen molar-refractivity contribution < 1.29 is 14.5 Å². The zero-order valence-corrected chi connectivity index (χ0v) is 18.5. The molecule has 0 fully saturated rings. The van der Waals surface area contributed by atoms with E-state index in [9.17, 15) is 19.7 Å². The van der Waals surface area contributed by atoms with Gasteiger partial charge in [-0.15, -0.1) is 0 Å². The molecular formula is C24H19N3O5S. The number of carbonyl (C=O) groups excluding carboxylic acids is 1. The van der Waals surface area contributed by atoms with Gasteiger partial charge in [0.05, 0.1) is 26.8 Å². The zero-order chi connectivity index (χ0) is 23.5. The number of thiazole rings is 1. The minimum absolute atomic E-state index is 0.0315. The van der Waals surface area contributed by atoms with E-state index in [0.29, 0.717) is 20.6 Å². The van der Waals surface area contributed by atoms with Crippen LogP contribution in [0.1, 0.15) is 24.1 Å². The maximum atomic E-state index is 13.4. The van der Waals surface area contributed by atoms with E-state index in [0.717, 1.165) is 5.56 Å². The summed E-state index contributed by atoms with van der Waals surface area (Å²) in [6.45, 7) is 5.33. The van der Waals surface area contributed by atoms with Gasteiger partial charge in [-0.1, -0.05) is 54.3 Å². The molecule has 0 spiro atoms. The number of nitro benzene ring substituents is 1. The fourth-order valence-electron chi connectivity index (χ4n) is 3.59. The van der Waals surface area contributed by atoms with E-state index in [1.165, 1.54) is 34.1 Å². The average Bonchev–Trinajstić information content (AvgIpc) is 3.11. The number of rotatable bonds is 6. The molecule has 0 radical (unpaired) electrons. The SMILES string of the molecule is C=CCOC(=O)C1=C(C)N=c2s/c(=C\c3ccc([N+](=O)[O-])cc3)c(=O)n2[C@@H]1c1ccccc1. The molecule has 8 nitrogen and oxygen atoms in total. The minimum atomic E-state index is -0.696. The van der Waals surface area contributed by atoms with Gasteiger partial charge in [-0.2, -0.15) is 0 Å². The number of esters is 1. The van der Waals surface area contributed by atoms with Crippen LogP contribution in [0.15, 0.2) is 88.3 Å². The summed E-state index contributed by atoms with van der Waals surface area (Å²) >= 11 is 1.19. The number of hydrogen-bond donors (Lipinski definition) is 0. The molecule has 0 bridgehead atoms. The molecule has 0 N–H and O–H groups in total. The first-order valence-corrected chi connectivity index (χ1v) is 10.8. The van der Waals surface area contributed by atoms with Gasteiger partial charge in [0, 0.05) is 12.1 Å². The van der Waals surface area contributed by atoms with Crippen LogP contribution < -0.4 is 14.9 Å². The molecule has 0 unspecified atom stereocenters. The molecule has 2 aromatic carbocycles. The van der Waals surface area contributed by atoms with Crippen molar-refractivity contribution in [2.75, 3.05) is 6.61 Å². The van der Waals surface area contributed by atoms with Gasteiger partial charge < -0.3 is 4.74 Å². The Morgan fingerprint density at radius 3 is 2.58 bits per heavy atom. The molecule has 4 rings (SSSR count). The summed E-state index contributed by atoms with van der Waals surface area (Å²) in [5.41, 5.74) is 1.81. The number of nitro groups is 1. The number of nitrogens with zero attached hydrogens (tertiary/aromatic N) is 3. The summed E-state index contributed by atoms with van der Waals surface area (Å²) in [5.74, 6) is -0.561. The first kappa shape index (κ1) is 22.1. The Kier molecular flexibility index (Phi) is 6.14. The third-order valence-corrected chi connectivity index (χ3v) is 6.07. The first-order chi connectivity index (χ1) is 15.9. The number of allylic oxidation sites excluding steroid dienone is 1. The molecule has 3 aromatic rings. The smallest absolute Gasteiger partial charge is 0.338 e. The highest BCUT2D eigenvalue weighted by Crippen LogP contribution is 2.30. The Balaban J connectivity index is 1.88. The van der Waals surface area contributed by atoms with Crippen LogP contribution in [-0.2, 0) is 9.53 Å². The van der Waals surface area contributed by atoms with Crippen LogP contribution in [0.25, 0.3) is 6.08 Å². The molecular weight excluding hydrogens is 442 g/mol. The molecule has 2 heterocycles. The Labute approximate surface area is 192 Å². The van der Waals surface area contributed by atoms with E-state index in [2.05, 4.69) is 11.6 Å². The number of benzene rings is 2. The highest BCUT2D eigenvalue weighted by atomic mass is 32.1. The van der Waals surface area contributed by atoms with Gasteiger partial charge in [0.2, 0.25) is 0 Å². The Hall–Kier alpha value is -4.11. The quantitative estimate of drug-likeness (QED) is 0.243.